The second-order valence-corrected chi connectivity index (χ2v) is 8.45. The van der Waals surface area contributed by atoms with Crippen LogP contribution in [-0.2, 0) is 16.8 Å². The van der Waals surface area contributed by atoms with Gasteiger partial charge in [0.1, 0.15) is 11.6 Å². The Morgan fingerprint density at radius 2 is 1.63 bits per heavy atom. The Labute approximate surface area is 155 Å². The van der Waals surface area contributed by atoms with Crippen LogP contribution in [0.4, 0.5) is 8.78 Å². The van der Waals surface area contributed by atoms with Crippen molar-refractivity contribution in [1.82, 2.24) is 13.6 Å². The predicted molar refractivity (Wildman–Crippen MR) is 98.5 cm³/mol. The molecule has 3 aromatic rings. The van der Waals surface area contributed by atoms with E-state index < -0.39 is 27.9 Å². The van der Waals surface area contributed by atoms with Crippen LogP contribution < -0.4 is 4.72 Å². The number of hydrogen-bond donors (Lipinski definition) is 2. The Morgan fingerprint density at radius 3 is 2.19 bits per heavy atom. The van der Waals surface area contributed by atoms with Crippen molar-refractivity contribution >= 4 is 32.0 Å². The SMILES string of the molecule is O=S1(=O)NCCCN1CC(O)Cn1c2ccc(F)cc2c2cc(F)ccc21. The Morgan fingerprint density at radius 1 is 1.04 bits per heavy atom. The Kier molecular flexibility index (Phi) is 4.63. The van der Waals surface area contributed by atoms with Gasteiger partial charge in [-0.2, -0.15) is 12.7 Å². The summed E-state index contributed by atoms with van der Waals surface area (Å²) >= 11 is 0. The Balaban J connectivity index is 1.70. The van der Waals surface area contributed by atoms with Gasteiger partial charge in [0.15, 0.2) is 0 Å². The van der Waals surface area contributed by atoms with Crippen LogP contribution in [0.5, 0.6) is 0 Å². The molecule has 4 rings (SSSR count). The molecular weight excluding hydrogens is 376 g/mol. The van der Waals surface area contributed by atoms with Gasteiger partial charge in [0.05, 0.1) is 12.6 Å². The molecule has 6 nitrogen and oxygen atoms in total. The van der Waals surface area contributed by atoms with Crippen molar-refractivity contribution in [2.24, 2.45) is 0 Å². The fourth-order valence-corrected chi connectivity index (χ4v) is 4.93. The first-order valence-corrected chi connectivity index (χ1v) is 10.1. The van der Waals surface area contributed by atoms with Crippen LogP contribution in [0.3, 0.4) is 0 Å². The summed E-state index contributed by atoms with van der Waals surface area (Å²) in [6, 6.07) is 8.43. The lowest BCUT2D eigenvalue weighted by Gasteiger charge is -2.28. The molecule has 1 atom stereocenters. The molecule has 1 saturated heterocycles. The van der Waals surface area contributed by atoms with Crippen molar-refractivity contribution < 1.29 is 22.3 Å². The van der Waals surface area contributed by atoms with Gasteiger partial charge in [-0.15, -0.1) is 0 Å². The number of aliphatic hydroxyl groups excluding tert-OH is 1. The third-order valence-corrected chi connectivity index (χ3v) is 6.39. The molecule has 2 N–H and O–H groups in total. The summed E-state index contributed by atoms with van der Waals surface area (Å²) in [5.41, 5.74) is 1.30. The molecule has 2 aromatic carbocycles. The maximum atomic E-state index is 13.7. The van der Waals surface area contributed by atoms with Gasteiger partial charge in [0.2, 0.25) is 0 Å². The number of halogens is 2. The van der Waals surface area contributed by atoms with E-state index in [1.54, 1.807) is 16.7 Å². The van der Waals surface area contributed by atoms with Gasteiger partial charge in [0, 0.05) is 41.4 Å². The third kappa shape index (κ3) is 3.43. The van der Waals surface area contributed by atoms with E-state index in [1.807, 2.05) is 0 Å². The molecule has 27 heavy (non-hydrogen) atoms. The maximum absolute atomic E-state index is 13.7. The van der Waals surface area contributed by atoms with E-state index in [0.29, 0.717) is 41.3 Å². The van der Waals surface area contributed by atoms with E-state index in [2.05, 4.69) is 4.72 Å². The first kappa shape index (κ1) is 18.3. The van der Waals surface area contributed by atoms with Gasteiger partial charge in [-0.25, -0.2) is 13.5 Å². The molecule has 1 aliphatic rings. The molecule has 0 aliphatic carbocycles. The molecule has 0 saturated carbocycles. The number of rotatable bonds is 4. The largest absolute Gasteiger partial charge is 0.390 e. The van der Waals surface area contributed by atoms with Crippen LogP contribution in [0.25, 0.3) is 21.8 Å². The molecule has 9 heteroatoms. The number of fused-ring (bicyclic) bond motifs is 3. The normalized spacial score (nSPS) is 18.9. The van der Waals surface area contributed by atoms with Gasteiger partial charge in [0.25, 0.3) is 10.2 Å². The summed E-state index contributed by atoms with van der Waals surface area (Å²) in [5, 5.41) is 11.6. The van der Waals surface area contributed by atoms with E-state index in [1.165, 1.54) is 28.6 Å². The summed E-state index contributed by atoms with van der Waals surface area (Å²) in [5.74, 6) is -0.867. The molecule has 1 unspecified atom stereocenters. The van der Waals surface area contributed by atoms with Gasteiger partial charge in [-0.05, 0) is 42.8 Å². The standard InChI is InChI=1S/C18H19F2N3O3S/c19-12-2-4-17-15(8-12)16-9-13(20)3-5-18(16)23(17)11-14(24)10-22-7-1-6-21-27(22,25)26/h2-5,8-9,14,21,24H,1,6-7,10-11H2. The third-order valence-electron chi connectivity index (χ3n) is 4.81. The van der Waals surface area contributed by atoms with Crippen molar-refractivity contribution in [2.75, 3.05) is 19.6 Å². The smallest absolute Gasteiger partial charge is 0.279 e. The molecule has 0 bridgehead atoms. The van der Waals surface area contributed by atoms with Gasteiger partial charge in [-0.1, -0.05) is 0 Å². The molecule has 0 spiro atoms. The van der Waals surface area contributed by atoms with Crippen molar-refractivity contribution in [2.45, 2.75) is 19.1 Å². The Hall–Kier alpha value is -2.07. The quantitative estimate of drug-likeness (QED) is 0.709. The van der Waals surface area contributed by atoms with E-state index in [0.717, 1.165) is 0 Å². The molecule has 1 aromatic heterocycles. The van der Waals surface area contributed by atoms with Crippen molar-refractivity contribution in [3.8, 4) is 0 Å². The number of aromatic nitrogens is 1. The Bertz CT molecular complexity index is 1050. The van der Waals surface area contributed by atoms with Crippen LogP contribution >= 0.6 is 0 Å². The molecule has 1 aliphatic heterocycles. The summed E-state index contributed by atoms with van der Waals surface area (Å²) in [6.45, 7) is 0.775. The van der Waals surface area contributed by atoms with Crippen LogP contribution in [-0.4, -0.2) is 48.1 Å². The zero-order valence-electron chi connectivity index (χ0n) is 14.4. The molecule has 0 amide bonds. The number of hydrogen-bond acceptors (Lipinski definition) is 3. The average Bonchev–Trinajstić information content (AvgIpc) is 2.89. The minimum Gasteiger partial charge on any atom is -0.390 e. The summed E-state index contributed by atoms with van der Waals surface area (Å²) in [6.07, 6.45) is -0.312. The number of aliphatic hydroxyl groups is 1. The zero-order chi connectivity index (χ0) is 19.2. The van der Waals surface area contributed by atoms with Gasteiger partial charge < -0.3 is 9.67 Å². The fraction of sp³-hybridized carbons (Fsp3) is 0.333. The lowest BCUT2D eigenvalue weighted by Crippen LogP contribution is -2.49. The van der Waals surface area contributed by atoms with E-state index in [9.17, 15) is 22.3 Å². The van der Waals surface area contributed by atoms with E-state index in [4.69, 9.17) is 0 Å². The van der Waals surface area contributed by atoms with E-state index in [-0.39, 0.29) is 13.1 Å². The van der Waals surface area contributed by atoms with Crippen LogP contribution in [0.2, 0.25) is 0 Å². The van der Waals surface area contributed by atoms with Crippen molar-refractivity contribution in [3.05, 3.63) is 48.0 Å². The second-order valence-electron chi connectivity index (χ2n) is 6.70. The van der Waals surface area contributed by atoms with Crippen molar-refractivity contribution in [3.63, 3.8) is 0 Å². The predicted octanol–water partition coefficient (Wildman–Crippen LogP) is 1.97. The maximum Gasteiger partial charge on any atom is 0.279 e. The highest BCUT2D eigenvalue weighted by atomic mass is 32.2. The molecule has 1 fully saturated rings. The zero-order valence-corrected chi connectivity index (χ0v) is 15.2. The first-order valence-electron chi connectivity index (χ1n) is 8.65. The van der Waals surface area contributed by atoms with E-state index >= 15 is 0 Å². The second kappa shape index (κ2) is 6.83. The topological polar surface area (TPSA) is 74.6 Å². The highest BCUT2D eigenvalue weighted by Crippen LogP contribution is 2.30. The lowest BCUT2D eigenvalue weighted by atomic mass is 10.1. The average molecular weight is 395 g/mol. The minimum atomic E-state index is -3.58. The van der Waals surface area contributed by atoms with Crippen LogP contribution in [0.15, 0.2) is 36.4 Å². The number of nitrogens with zero attached hydrogens (tertiary/aromatic N) is 2. The summed E-state index contributed by atoms with van der Waals surface area (Å²) < 4.78 is 56.9. The summed E-state index contributed by atoms with van der Waals surface area (Å²) in [7, 11) is -3.58. The van der Waals surface area contributed by atoms with Gasteiger partial charge in [-0.3, -0.25) is 0 Å². The number of β-amino-alcohol motifs (C(OH)–C–C–N with tert-alkyl or cyclic N) is 1. The number of nitrogens with one attached hydrogen (secondary N) is 1. The fourth-order valence-electron chi connectivity index (χ4n) is 3.61. The monoisotopic (exact) mass is 395 g/mol. The van der Waals surface area contributed by atoms with Crippen LogP contribution in [0.1, 0.15) is 6.42 Å². The van der Waals surface area contributed by atoms with Gasteiger partial charge >= 0.3 is 0 Å². The van der Waals surface area contributed by atoms with Crippen LogP contribution in [0, 0.1) is 11.6 Å². The number of benzene rings is 2. The molecule has 0 radical (unpaired) electrons. The summed E-state index contributed by atoms with van der Waals surface area (Å²) in [4.78, 5) is 0. The molecular formula is C18H19F2N3O3S. The highest BCUT2D eigenvalue weighted by molar-refractivity contribution is 7.87. The van der Waals surface area contributed by atoms with Crippen molar-refractivity contribution in [1.29, 1.82) is 0 Å². The minimum absolute atomic E-state index is 0.0567. The first-order chi connectivity index (χ1) is 12.8. The highest BCUT2D eigenvalue weighted by Gasteiger charge is 2.27. The lowest BCUT2D eigenvalue weighted by molar-refractivity contribution is 0.127. The molecule has 2 heterocycles. The molecule has 144 valence electrons.